The molecule has 0 saturated carbocycles. The average Bonchev–Trinajstić information content (AvgIpc) is 3.25. The van der Waals surface area contributed by atoms with Crippen LogP contribution in [0.3, 0.4) is 0 Å². The zero-order valence-corrected chi connectivity index (χ0v) is 20.6. The Bertz CT molecular complexity index is 998. The minimum atomic E-state index is -0.898. The van der Waals surface area contributed by atoms with E-state index in [1.807, 2.05) is 70.2 Å². The minimum Gasteiger partial charge on any atom is -0.481 e. The molecule has 3 rings (SSSR count). The van der Waals surface area contributed by atoms with Crippen LogP contribution in [0.5, 0.6) is 0 Å². The molecule has 0 bridgehead atoms. The second kappa shape index (κ2) is 10.9. The van der Waals surface area contributed by atoms with Crippen LogP contribution in [0, 0.1) is 6.92 Å². The summed E-state index contributed by atoms with van der Waals surface area (Å²) in [5.74, 6) is -0.975. The first-order valence-electron chi connectivity index (χ1n) is 12.1. The van der Waals surface area contributed by atoms with E-state index in [1.165, 1.54) is 0 Å². The summed E-state index contributed by atoms with van der Waals surface area (Å²) in [5, 5.41) is 26.0. The molecule has 0 unspecified atom stereocenters. The van der Waals surface area contributed by atoms with Crippen molar-refractivity contribution in [2.75, 3.05) is 22.1 Å². The molecule has 1 aliphatic rings. The fraction of sp³-hybridized carbons (Fsp3) is 0.481. The van der Waals surface area contributed by atoms with Gasteiger partial charge in [-0.25, -0.2) is 4.79 Å². The summed E-state index contributed by atoms with van der Waals surface area (Å²) in [6.07, 6.45) is 3.46. The predicted molar refractivity (Wildman–Crippen MR) is 137 cm³/mol. The number of aliphatic carboxylic acids is 1. The van der Waals surface area contributed by atoms with Crippen LogP contribution in [0.4, 0.5) is 21.9 Å². The number of aliphatic hydroxyl groups is 1. The van der Waals surface area contributed by atoms with Crippen LogP contribution < -0.4 is 15.5 Å². The number of carbonyl (C=O) groups excluding carboxylic acids is 1. The van der Waals surface area contributed by atoms with Crippen LogP contribution in [0.2, 0.25) is 0 Å². The van der Waals surface area contributed by atoms with Gasteiger partial charge in [0.25, 0.3) is 0 Å². The highest BCUT2D eigenvalue weighted by atomic mass is 16.4. The van der Waals surface area contributed by atoms with Gasteiger partial charge >= 0.3 is 12.0 Å². The van der Waals surface area contributed by atoms with Crippen molar-refractivity contribution < 1.29 is 19.8 Å². The lowest BCUT2D eigenvalue weighted by Crippen LogP contribution is -2.46. The molecule has 184 valence electrons. The number of nitrogens with zero attached hydrogens (tertiary/aromatic N) is 1. The molecule has 0 aromatic heterocycles. The Labute approximate surface area is 202 Å². The molecule has 2 atom stereocenters. The van der Waals surface area contributed by atoms with Crippen LogP contribution in [-0.4, -0.2) is 40.4 Å². The summed E-state index contributed by atoms with van der Waals surface area (Å²) in [7, 11) is 0. The summed E-state index contributed by atoms with van der Waals surface area (Å²) in [5.41, 5.74) is 3.23. The lowest BCUT2D eigenvalue weighted by atomic mass is 9.90. The highest BCUT2D eigenvalue weighted by Gasteiger charge is 2.37. The van der Waals surface area contributed by atoms with Gasteiger partial charge < -0.3 is 25.7 Å². The Hall–Kier alpha value is -3.06. The van der Waals surface area contributed by atoms with Gasteiger partial charge in [-0.3, -0.25) is 4.79 Å². The lowest BCUT2D eigenvalue weighted by Gasteiger charge is -2.36. The normalized spacial score (nSPS) is 16.9. The Balaban J connectivity index is 1.95. The van der Waals surface area contributed by atoms with E-state index in [2.05, 4.69) is 15.5 Å². The summed E-state index contributed by atoms with van der Waals surface area (Å²) >= 11 is 0. The number of anilines is 3. The third kappa shape index (κ3) is 6.50. The Morgan fingerprint density at radius 2 is 1.85 bits per heavy atom. The van der Waals surface area contributed by atoms with Crippen LogP contribution in [0.25, 0.3) is 0 Å². The first kappa shape index (κ1) is 25.6. The molecule has 2 amide bonds. The SMILES string of the molecule is CCC[C@H](CC(=O)O)c1ccc(N2CCC[C@@H]2C(C)(C)O)c(NC(=O)Nc2ccc(C)cc2)c1. The van der Waals surface area contributed by atoms with E-state index in [0.717, 1.165) is 49.0 Å². The highest BCUT2D eigenvalue weighted by molar-refractivity contribution is 6.02. The van der Waals surface area contributed by atoms with Gasteiger partial charge in [-0.1, -0.05) is 37.1 Å². The van der Waals surface area contributed by atoms with Crippen molar-refractivity contribution in [2.45, 2.75) is 77.4 Å². The van der Waals surface area contributed by atoms with Gasteiger partial charge in [0, 0.05) is 12.2 Å². The molecule has 7 heteroatoms. The zero-order chi connectivity index (χ0) is 24.9. The van der Waals surface area contributed by atoms with Crippen LogP contribution >= 0.6 is 0 Å². The number of rotatable bonds is 9. The number of hydrogen-bond donors (Lipinski definition) is 4. The minimum absolute atomic E-state index is 0.0399. The quantitative estimate of drug-likeness (QED) is 0.377. The van der Waals surface area contributed by atoms with Crippen LogP contribution in [0.15, 0.2) is 42.5 Å². The molecule has 1 heterocycles. The van der Waals surface area contributed by atoms with Crippen molar-refractivity contribution in [3.8, 4) is 0 Å². The number of benzene rings is 2. The van der Waals surface area contributed by atoms with E-state index in [0.29, 0.717) is 11.4 Å². The van der Waals surface area contributed by atoms with Crippen molar-refractivity contribution in [2.24, 2.45) is 0 Å². The number of hydrogen-bond acceptors (Lipinski definition) is 4. The number of amides is 2. The zero-order valence-electron chi connectivity index (χ0n) is 20.6. The van der Waals surface area contributed by atoms with Crippen molar-refractivity contribution in [3.05, 3.63) is 53.6 Å². The molecule has 0 spiro atoms. The van der Waals surface area contributed by atoms with Crippen LogP contribution in [-0.2, 0) is 4.79 Å². The maximum atomic E-state index is 12.9. The Morgan fingerprint density at radius 3 is 2.47 bits per heavy atom. The molecule has 2 aromatic carbocycles. The summed E-state index contributed by atoms with van der Waals surface area (Å²) < 4.78 is 0. The summed E-state index contributed by atoms with van der Waals surface area (Å²) in [6.45, 7) is 8.42. The van der Waals surface area contributed by atoms with E-state index in [9.17, 15) is 19.8 Å². The Kier molecular flexibility index (Phi) is 8.20. The fourth-order valence-electron chi connectivity index (χ4n) is 4.82. The van der Waals surface area contributed by atoms with Gasteiger partial charge in [-0.05, 0) is 75.8 Å². The molecular formula is C27H37N3O4. The summed E-state index contributed by atoms with van der Waals surface area (Å²) in [4.78, 5) is 26.5. The molecule has 1 fully saturated rings. The third-order valence-corrected chi connectivity index (χ3v) is 6.49. The smallest absolute Gasteiger partial charge is 0.323 e. The molecule has 0 radical (unpaired) electrons. The van der Waals surface area contributed by atoms with Gasteiger partial charge in [-0.2, -0.15) is 0 Å². The van der Waals surface area contributed by atoms with E-state index in [4.69, 9.17) is 0 Å². The van der Waals surface area contributed by atoms with Gasteiger partial charge in [0.1, 0.15) is 0 Å². The maximum Gasteiger partial charge on any atom is 0.323 e. The molecule has 0 aliphatic carbocycles. The molecule has 7 nitrogen and oxygen atoms in total. The first-order chi connectivity index (χ1) is 16.1. The van der Waals surface area contributed by atoms with E-state index in [1.54, 1.807) is 0 Å². The first-order valence-corrected chi connectivity index (χ1v) is 12.1. The van der Waals surface area contributed by atoms with Crippen molar-refractivity contribution >= 4 is 29.1 Å². The topological polar surface area (TPSA) is 102 Å². The van der Waals surface area contributed by atoms with Crippen LogP contribution in [0.1, 0.15) is 69.9 Å². The van der Waals surface area contributed by atoms with Gasteiger partial charge in [0.2, 0.25) is 0 Å². The lowest BCUT2D eigenvalue weighted by molar-refractivity contribution is -0.137. The molecular weight excluding hydrogens is 430 g/mol. The maximum absolute atomic E-state index is 12.9. The third-order valence-electron chi connectivity index (χ3n) is 6.49. The molecule has 1 aliphatic heterocycles. The van der Waals surface area contributed by atoms with E-state index >= 15 is 0 Å². The number of nitrogens with one attached hydrogen (secondary N) is 2. The van der Waals surface area contributed by atoms with Crippen molar-refractivity contribution in [1.82, 2.24) is 0 Å². The number of carboxylic acids is 1. The largest absolute Gasteiger partial charge is 0.481 e. The highest BCUT2D eigenvalue weighted by Crippen LogP contribution is 2.38. The molecule has 34 heavy (non-hydrogen) atoms. The van der Waals surface area contributed by atoms with Crippen molar-refractivity contribution in [3.63, 3.8) is 0 Å². The molecule has 2 aromatic rings. The van der Waals surface area contributed by atoms with E-state index in [-0.39, 0.29) is 24.4 Å². The molecule has 1 saturated heterocycles. The van der Waals surface area contributed by atoms with E-state index < -0.39 is 11.6 Å². The summed E-state index contributed by atoms with van der Waals surface area (Å²) in [6, 6.07) is 12.9. The standard InChI is InChI=1S/C27H37N3O4/c1-5-7-19(17-25(31)32)20-11-14-23(30-15-6-8-24(30)27(3,4)34)22(16-20)29-26(33)28-21-12-9-18(2)10-13-21/h9-14,16,19,24,34H,5-8,15,17H2,1-4H3,(H,31,32)(H2,28,29,33)/t19-,24-/m1/s1. The predicted octanol–water partition coefficient (Wildman–Crippen LogP) is 5.74. The second-order valence-electron chi connectivity index (χ2n) is 9.81. The Morgan fingerprint density at radius 1 is 1.15 bits per heavy atom. The van der Waals surface area contributed by atoms with Crippen molar-refractivity contribution in [1.29, 1.82) is 0 Å². The number of carboxylic acid groups (broad SMARTS) is 1. The molecule has 4 N–H and O–H groups in total. The monoisotopic (exact) mass is 467 g/mol. The second-order valence-corrected chi connectivity index (χ2v) is 9.81. The van der Waals surface area contributed by atoms with Gasteiger partial charge in [0.15, 0.2) is 0 Å². The number of aryl methyl sites for hydroxylation is 1. The van der Waals surface area contributed by atoms with Gasteiger partial charge in [-0.15, -0.1) is 0 Å². The van der Waals surface area contributed by atoms with Gasteiger partial charge in [0.05, 0.1) is 29.4 Å². The number of urea groups is 1. The fourth-order valence-corrected chi connectivity index (χ4v) is 4.82. The number of carbonyl (C=O) groups is 2. The average molecular weight is 468 g/mol.